The normalized spacial score (nSPS) is 10.3. The topological polar surface area (TPSA) is 20.3 Å². The van der Waals surface area contributed by atoms with Gasteiger partial charge in [0.1, 0.15) is 5.82 Å². The lowest BCUT2D eigenvalue weighted by Crippen LogP contribution is -2.27. The number of nitrogens with zero attached hydrogens (tertiary/aromatic N) is 1. The zero-order chi connectivity index (χ0) is 14.4. The van der Waals surface area contributed by atoms with Gasteiger partial charge in [-0.3, -0.25) is 4.79 Å². The molecule has 20 heavy (non-hydrogen) atoms. The van der Waals surface area contributed by atoms with Crippen molar-refractivity contribution >= 4 is 17.7 Å². The first-order valence-corrected chi connectivity index (χ1v) is 7.30. The van der Waals surface area contributed by atoms with Crippen LogP contribution < -0.4 is 0 Å². The fourth-order valence-electron chi connectivity index (χ4n) is 1.77. The van der Waals surface area contributed by atoms with Crippen molar-refractivity contribution in [2.24, 2.45) is 0 Å². The highest BCUT2D eigenvalue weighted by Crippen LogP contribution is 2.17. The molecule has 2 aromatic carbocycles. The summed E-state index contributed by atoms with van der Waals surface area (Å²) in [7, 11) is 1.73. The van der Waals surface area contributed by atoms with Gasteiger partial charge >= 0.3 is 0 Å². The fraction of sp³-hybridized carbons (Fsp3) is 0.188. The van der Waals surface area contributed by atoms with Crippen molar-refractivity contribution in [3.05, 3.63) is 66.0 Å². The molecule has 0 heterocycles. The summed E-state index contributed by atoms with van der Waals surface area (Å²) in [6.07, 6.45) is 0. The SMILES string of the molecule is CN(Cc1cccc(F)c1)C(=O)CSc1ccccc1. The van der Waals surface area contributed by atoms with E-state index < -0.39 is 0 Å². The van der Waals surface area contributed by atoms with Gasteiger partial charge in [0.25, 0.3) is 0 Å². The third-order valence-corrected chi connectivity index (χ3v) is 3.84. The maximum Gasteiger partial charge on any atom is 0.232 e. The van der Waals surface area contributed by atoms with Crippen molar-refractivity contribution in [2.75, 3.05) is 12.8 Å². The predicted molar refractivity (Wildman–Crippen MR) is 80.0 cm³/mol. The highest BCUT2D eigenvalue weighted by molar-refractivity contribution is 8.00. The van der Waals surface area contributed by atoms with E-state index in [1.807, 2.05) is 36.4 Å². The fourth-order valence-corrected chi connectivity index (χ4v) is 2.63. The van der Waals surface area contributed by atoms with E-state index in [-0.39, 0.29) is 11.7 Å². The number of hydrogen-bond donors (Lipinski definition) is 0. The van der Waals surface area contributed by atoms with Crippen LogP contribution in [0.15, 0.2) is 59.5 Å². The van der Waals surface area contributed by atoms with Crippen LogP contribution in [0.1, 0.15) is 5.56 Å². The Hall–Kier alpha value is -1.81. The standard InChI is InChI=1S/C16H16FNOS/c1-18(11-13-6-5-7-14(17)10-13)16(19)12-20-15-8-3-2-4-9-15/h2-10H,11-12H2,1H3. The maximum absolute atomic E-state index is 13.1. The number of carbonyl (C=O) groups is 1. The van der Waals surface area contributed by atoms with E-state index in [9.17, 15) is 9.18 Å². The van der Waals surface area contributed by atoms with E-state index in [4.69, 9.17) is 0 Å². The lowest BCUT2D eigenvalue weighted by Gasteiger charge is -2.17. The third-order valence-electron chi connectivity index (χ3n) is 2.84. The second kappa shape index (κ2) is 7.10. The first-order valence-electron chi connectivity index (χ1n) is 6.31. The summed E-state index contributed by atoms with van der Waals surface area (Å²) in [6.45, 7) is 0.423. The van der Waals surface area contributed by atoms with Crippen LogP contribution >= 0.6 is 11.8 Å². The molecule has 0 aromatic heterocycles. The van der Waals surface area contributed by atoms with E-state index in [1.54, 1.807) is 18.0 Å². The molecule has 0 aliphatic rings. The quantitative estimate of drug-likeness (QED) is 0.784. The van der Waals surface area contributed by atoms with Gasteiger partial charge in [0.05, 0.1) is 5.75 Å². The van der Waals surface area contributed by atoms with Crippen molar-refractivity contribution in [3.63, 3.8) is 0 Å². The lowest BCUT2D eigenvalue weighted by molar-refractivity contribution is -0.127. The van der Waals surface area contributed by atoms with Crippen LogP contribution in [0.2, 0.25) is 0 Å². The minimum Gasteiger partial charge on any atom is -0.341 e. The average Bonchev–Trinajstić information content (AvgIpc) is 2.46. The summed E-state index contributed by atoms with van der Waals surface area (Å²) in [5.41, 5.74) is 0.797. The first-order chi connectivity index (χ1) is 9.65. The monoisotopic (exact) mass is 289 g/mol. The molecule has 0 bridgehead atoms. The average molecular weight is 289 g/mol. The molecule has 0 aliphatic heterocycles. The van der Waals surface area contributed by atoms with E-state index >= 15 is 0 Å². The number of hydrogen-bond acceptors (Lipinski definition) is 2. The number of rotatable bonds is 5. The molecule has 2 nitrogen and oxygen atoms in total. The van der Waals surface area contributed by atoms with Gasteiger partial charge in [-0.15, -0.1) is 11.8 Å². The van der Waals surface area contributed by atoms with Crippen LogP contribution in [0.25, 0.3) is 0 Å². The summed E-state index contributed by atoms with van der Waals surface area (Å²) in [4.78, 5) is 14.7. The van der Waals surface area contributed by atoms with E-state index in [0.29, 0.717) is 12.3 Å². The first kappa shape index (κ1) is 14.6. The summed E-state index contributed by atoms with van der Waals surface area (Å²) >= 11 is 1.51. The Morgan fingerprint density at radius 3 is 2.60 bits per heavy atom. The van der Waals surface area contributed by atoms with Gasteiger partial charge in [0, 0.05) is 18.5 Å². The molecule has 0 unspecified atom stereocenters. The van der Waals surface area contributed by atoms with Gasteiger partial charge in [-0.25, -0.2) is 4.39 Å². The Morgan fingerprint density at radius 1 is 1.15 bits per heavy atom. The molecule has 2 rings (SSSR count). The second-order valence-electron chi connectivity index (χ2n) is 4.48. The molecule has 0 atom stereocenters. The van der Waals surface area contributed by atoms with E-state index in [0.717, 1.165) is 10.5 Å². The zero-order valence-electron chi connectivity index (χ0n) is 11.3. The number of benzene rings is 2. The van der Waals surface area contributed by atoms with Crippen LogP contribution in [0, 0.1) is 5.82 Å². The molecule has 0 saturated carbocycles. The Morgan fingerprint density at radius 2 is 1.90 bits per heavy atom. The van der Waals surface area contributed by atoms with Crippen LogP contribution in [0.3, 0.4) is 0 Å². The Bertz CT molecular complexity index is 574. The van der Waals surface area contributed by atoms with Crippen LogP contribution in [0.4, 0.5) is 4.39 Å². The molecule has 104 valence electrons. The summed E-state index contributed by atoms with van der Waals surface area (Å²) in [5, 5.41) is 0. The van der Waals surface area contributed by atoms with Crippen LogP contribution in [0.5, 0.6) is 0 Å². The molecule has 0 radical (unpaired) electrons. The van der Waals surface area contributed by atoms with E-state index in [1.165, 1.54) is 23.9 Å². The molecular formula is C16H16FNOS. The molecule has 2 aromatic rings. The number of amides is 1. The lowest BCUT2D eigenvalue weighted by atomic mass is 10.2. The highest BCUT2D eigenvalue weighted by atomic mass is 32.2. The smallest absolute Gasteiger partial charge is 0.232 e. The minimum absolute atomic E-state index is 0.0307. The third kappa shape index (κ3) is 4.38. The van der Waals surface area contributed by atoms with Crippen molar-refractivity contribution < 1.29 is 9.18 Å². The van der Waals surface area contributed by atoms with Crippen LogP contribution in [-0.4, -0.2) is 23.6 Å². The summed E-state index contributed by atoms with van der Waals surface area (Å²) in [5.74, 6) is 0.139. The Kier molecular flexibility index (Phi) is 5.18. The Balaban J connectivity index is 1.86. The Labute approximate surface area is 122 Å². The van der Waals surface area contributed by atoms with Crippen molar-refractivity contribution in [2.45, 2.75) is 11.4 Å². The summed E-state index contributed by atoms with van der Waals surface area (Å²) in [6, 6.07) is 16.1. The predicted octanol–water partition coefficient (Wildman–Crippen LogP) is 3.58. The molecule has 0 N–H and O–H groups in total. The number of halogens is 1. The largest absolute Gasteiger partial charge is 0.341 e. The molecular weight excluding hydrogens is 273 g/mol. The number of carbonyl (C=O) groups excluding carboxylic acids is 1. The van der Waals surface area contributed by atoms with Gasteiger partial charge in [0.2, 0.25) is 5.91 Å². The van der Waals surface area contributed by atoms with Gasteiger partial charge in [-0.05, 0) is 29.8 Å². The van der Waals surface area contributed by atoms with Gasteiger partial charge in [-0.2, -0.15) is 0 Å². The summed E-state index contributed by atoms with van der Waals surface area (Å²) < 4.78 is 13.1. The van der Waals surface area contributed by atoms with Gasteiger partial charge in [-0.1, -0.05) is 30.3 Å². The van der Waals surface area contributed by atoms with Crippen LogP contribution in [-0.2, 0) is 11.3 Å². The molecule has 1 amide bonds. The molecule has 0 saturated heterocycles. The van der Waals surface area contributed by atoms with Gasteiger partial charge < -0.3 is 4.90 Å². The molecule has 0 aliphatic carbocycles. The van der Waals surface area contributed by atoms with Gasteiger partial charge in [0.15, 0.2) is 0 Å². The van der Waals surface area contributed by atoms with Crippen molar-refractivity contribution in [3.8, 4) is 0 Å². The molecule has 0 fully saturated rings. The number of thioether (sulfide) groups is 1. The minimum atomic E-state index is -0.276. The highest BCUT2D eigenvalue weighted by Gasteiger charge is 2.10. The van der Waals surface area contributed by atoms with Crippen molar-refractivity contribution in [1.82, 2.24) is 4.90 Å². The molecule has 4 heteroatoms. The van der Waals surface area contributed by atoms with Crippen molar-refractivity contribution in [1.29, 1.82) is 0 Å². The second-order valence-corrected chi connectivity index (χ2v) is 5.53. The van der Waals surface area contributed by atoms with E-state index in [2.05, 4.69) is 0 Å². The molecule has 0 spiro atoms. The zero-order valence-corrected chi connectivity index (χ0v) is 12.1. The maximum atomic E-state index is 13.1.